The Labute approximate surface area is 152 Å². The van der Waals surface area contributed by atoms with Crippen molar-refractivity contribution in [3.8, 4) is 5.75 Å². The molecule has 3 rings (SSSR count). The fourth-order valence-corrected chi connectivity index (χ4v) is 3.23. The van der Waals surface area contributed by atoms with Gasteiger partial charge in [0.05, 0.1) is 5.56 Å². The molecule has 0 atom stereocenters. The Bertz CT molecular complexity index is 791. The van der Waals surface area contributed by atoms with Gasteiger partial charge in [0.15, 0.2) is 17.4 Å². The van der Waals surface area contributed by atoms with Crippen molar-refractivity contribution in [3.05, 3.63) is 64.5 Å². The van der Waals surface area contributed by atoms with Crippen LogP contribution in [-0.2, 0) is 12.8 Å². The van der Waals surface area contributed by atoms with Crippen LogP contribution in [0.25, 0.3) is 0 Å². The molecule has 0 amide bonds. The molecule has 0 saturated carbocycles. The Kier molecular flexibility index (Phi) is 5.64. The lowest BCUT2D eigenvalue weighted by molar-refractivity contribution is -0.137. The van der Waals surface area contributed by atoms with Crippen LogP contribution in [0.5, 0.6) is 5.75 Å². The Morgan fingerprint density at radius 3 is 2.19 bits per heavy atom. The number of piperidine rings is 1. The second-order valence-electron chi connectivity index (χ2n) is 6.42. The van der Waals surface area contributed by atoms with E-state index in [4.69, 9.17) is 4.74 Å². The largest absolute Gasteiger partial charge is 0.483 e. The molecule has 146 valence electrons. The number of hydrogen-bond donors (Lipinski definition) is 1. The van der Waals surface area contributed by atoms with Gasteiger partial charge in [0.25, 0.3) is 0 Å². The predicted molar refractivity (Wildman–Crippen MR) is 86.9 cm³/mol. The van der Waals surface area contributed by atoms with Crippen molar-refractivity contribution in [3.63, 3.8) is 0 Å². The number of rotatable bonds is 4. The normalized spacial score (nSPS) is 15.8. The van der Waals surface area contributed by atoms with Crippen molar-refractivity contribution in [2.75, 3.05) is 13.1 Å². The van der Waals surface area contributed by atoms with Gasteiger partial charge in [0.1, 0.15) is 12.4 Å². The van der Waals surface area contributed by atoms with Gasteiger partial charge >= 0.3 is 6.18 Å². The third-order valence-corrected chi connectivity index (χ3v) is 4.59. The van der Waals surface area contributed by atoms with Crippen LogP contribution in [0.15, 0.2) is 30.3 Å². The van der Waals surface area contributed by atoms with Gasteiger partial charge in [-0.2, -0.15) is 13.2 Å². The highest BCUT2D eigenvalue weighted by molar-refractivity contribution is 5.37. The average molecular weight is 389 g/mol. The molecule has 1 heterocycles. The van der Waals surface area contributed by atoms with E-state index in [9.17, 15) is 26.3 Å². The van der Waals surface area contributed by atoms with Gasteiger partial charge in [-0.1, -0.05) is 6.07 Å². The summed E-state index contributed by atoms with van der Waals surface area (Å²) in [5, 5.41) is 3.14. The predicted octanol–water partition coefficient (Wildman–Crippen LogP) is 5.17. The second kappa shape index (κ2) is 7.80. The molecule has 1 aliphatic heterocycles. The molecule has 2 aromatic rings. The van der Waals surface area contributed by atoms with Gasteiger partial charge < -0.3 is 10.1 Å². The monoisotopic (exact) mass is 389 g/mol. The van der Waals surface area contributed by atoms with Crippen molar-refractivity contribution in [2.24, 2.45) is 0 Å². The lowest BCUT2D eigenvalue weighted by Crippen LogP contribution is -2.27. The van der Waals surface area contributed by atoms with E-state index in [1.807, 2.05) is 0 Å². The first-order valence-electron chi connectivity index (χ1n) is 8.44. The first kappa shape index (κ1) is 19.5. The zero-order valence-corrected chi connectivity index (χ0v) is 14.2. The van der Waals surface area contributed by atoms with E-state index in [1.54, 1.807) is 0 Å². The molecule has 0 radical (unpaired) electrons. The van der Waals surface area contributed by atoms with E-state index in [0.717, 1.165) is 12.1 Å². The Morgan fingerprint density at radius 1 is 0.963 bits per heavy atom. The molecule has 0 unspecified atom stereocenters. The van der Waals surface area contributed by atoms with Gasteiger partial charge in [-0.15, -0.1) is 0 Å². The minimum Gasteiger partial charge on any atom is -0.483 e. The van der Waals surface area contributed by atoms with E-state index in [1.165, 1.54) is 6.07 Å². The lowest BCUT2D eigenvalue weighted by atomic mass is 9.86. The summed E-state index contributed by atoms with van der Waals surface area (Å²) in [4.78, 5) is 0. The van der Waals surface area contributed by atoms with Gasteiger partial charge in [0, 0.05) is 12.1 Å². The van der Waals surface area contributed by atoms with Crippen molar-refractivity contribution >= 4 is 0 Å². The van der Waals surface area contributed by atoms with E-state index in [0.29, 0.717) is 49.2 Å². The smallest absolute Gasteiger partial charge is 0.416 e. The molecule has 0 bridgehead atoms. The average Bonchev–Trinajstić information content (AvgIpc) is 2.60. The summed E-state index contributed by atoms with van der Waals surface area (Å²) in [5.74, 6) is -4.37. The molecule has 1 aliphatic rings. The number of benzene rings is 2. The van der Waals surface area contributed by atoms with Gasteiger partial charge in [-0.05, 0) is 55.1 Å². The fourth-order valence-electron chi connectivity index (χ4n) is 3.23. The highest BCUT2D eigenvalue weighted by Crippen LogP contribution is 2.36. The molecule has 0 aliphatic carbocycles. The third-order valence-electron chi connectivity index (χ3n) is 4.59. The quantitative estimate of drug-likeness (QED) is 0.729. The van der Waals surface area contributed by atoms with E-state index in [-0.39, 0.29) is 12.5 Å². The minimum absolute atomic E-state index is 0.116. The van der Waals surface area contributed by atoms with Crippen molar-refractivity contribution in [1.82, 2.24) is 5.32 Å². The summed E-state index contributed by atoms with van der Waals surface area (Å²) in [5.41, 5.74) is 0.0891. The summed E-state index contributed by atoms with van der Waals surface area (Å²) in [6.07, 6.45) is -3.20. The molecule has 1 saturated heterocycles. The lowest BCUT2D eigenvalue weighted by Gasteiger charge is -2.26. The Morgan fingerprint density at radius 2 is 1.59 bits per heavy atom. The van der Waals surface area contributed by atoms with Crippen LogP contribution < -0.4 is 10.1 Å². The fraction of sp³-hybridized carbons (Fsp3) is 0.368. The summed E-state index contributed by atoms with van der Waals surface area (Å²) in [6, 6.07) is 4.23. The van der Waals surface area contributed by atoms with Crippen LogP contribution in [0.2, 0.25) is 0 Å². The zero-order valence-electron chi connectivity index (χ0n) is 14.2. The molecule has 27 heavy (non-hydrogen) atoms. The number of nitrogens with one attached hydrogen (secondary N) is 1. The third kappa shape index (κ3) is 4.55. The van der Waals surface area contributed by atoms with E-state index >= 15 is 0 Å². The highest BCUT2D eigenvalue weighted by Gasteiger charge is 2.32. The molecular formula is C19H17F6NO. The topological polar surface area (TPSA) is 21.3 Å². The Hall–Kier alpha value is -2.22. The standard InChI is InChI=1S/C19H17F6NO/c20-14-8-16(21)18(17(22)9-14)27-10-12-1-2-13(19(23,24)25)7-15(12)11-3-5-26-6-4-11/h1-2,7-9,11,26H,3-6,10H2. The first-order chi connectivity index (χ1) is 12.8. The van der Waals surface area contributed by atoms with Gasteiger partial charge in [-0.25, -0.2) is 13.2 Å². The zero-order chi connectivity index (χ0) is 19.6. The summed E-state index contributed by atoms with van der Waals surface area (Å²) in [7, 11) is 0. The number of ether oxygens (including phenoxy) is 1. The van der Waals surface area contributed by atoms with Gasteiger partial charge in [-0.3, -0.25) is 0 Å². The highest BCUT2D eigenvalue weighted by atomic mass is 19.4. The molecular weight excluding hydrogens is 372 g/mol. The van der Waals surface area contributed by atoms with Crippen molar-refractivity contribution in [1.29, 1.82) is 0 Å². The molecule has 2 aromatic carbocycles. The molecule has 2 nitrogen and oxygen atoms in total. The summed E-state index contributed by atoms with van der Waals surface area (Å²) < 4.78 is 84.8. The minimum atomic E-state index is -4.49. The maximum Gasteiger partial charge on any atom is 0.416 e. The molecule has 8 heteroatoms. The first-order valence-corrected chi connectivity index (χ1v) is 8.44. The molecule has 1 fully saturated rings. The number of hydrogen-bond acceptors (Lipinski definition) is 2. The maximum absolute atomic E-state index is 13.7. The van der Waals surface area contributed by atoms with Crippen LogP contribution in [0.4, 0.5) is 26.3 Å². The van der Waals surface area contributed by atoms with Crippen LogP contribution in [0.3, 0.4) is 0 Å². The van der Waals surface area contributed by atoms with E-state index in [2.05, 4.69) is 5.32 Å². The van der Waals surface area contributed by atoms with Crippen LogP contribution in [0.1, 0.15) is 35.4 Å². The molecule has 1 N–H and O–H groups in total. The molecule has 0 aromatic heterocycles. The SMILES string of the molecule is Fc1cc(F)c(OCc2ccc(C(F)(F)F)cc2C2CCNCC2)c(F)c1. The van der Waals surface area contributed by atoms with E-state index < -0.39 is 34.9 Å². The van der Waals surface area contributed by atoms with Crippen LogP contribution >= 0.6 is 0 Å². The number of alkyl halides is 3. The van der Waals surface area contributed by atoms with Crippen molar-refractivity contribution in [2.45, 2.75) is 31.5 Å². The van der Waals surface area contributed by atoms with Gasteiger partial charge in [0.2, 0.25) is 0 Å². The van der Waals surface area contributed by atoms with Crippen molar-refractivity contribution < 1.29 is 31.1 Å². The summed E-state index contributed by atoms with van der Waals surface area (Å²) >= 11 is 0. The van der Waals surface area contributed by atoms with Crippen LogP contribution in [-0.4, -0.2) is 13.1 Å². The second-order valence-corrected chi connectivity index (χ2v) is 6.42. The molecule has 0 spiro atoms. The van der Waals surface area contributed by atoms with Crippen LogP contribution in [0, 0.1) is 17.5 Å². The Balaban J connectivity index is 1.90. The number of halogens is 6. The maximum atomic E-state index is 13.7. The summed E-state index contributed by atoms with van der Waals surface area (Å²) in [6.45, 7) is 1.02.